The molecule has 2 aromatic rings. The van der Waals surface area contributed by atoms with E-state index in [1.165, 1.54) is 23.6 Å². The van der Waals surface area contributed by atoms with E-state index in [1.54, 1.807) is 17.0 Å². The van der Waals surface area contributed by atoms with E-state index in [0.717, 1.165) is 10.6 Å². The molecule has 2 N–H and O–H groups in total. The van der Waals surface area contributed by atoms with Gasteiger partial charge in [0.2, 0.25) is 17.5 Å². The maximum Gasteiger partial charge on any atom is 0.288 e. The SMILES string of the molecule is CC(=O)N1C(=O)[C@@]2(N=C(N)N=C3Sc4ccccc4N32)c2ccccc21. The molecule has 0 aliphatic carbocycles. The lowest BCUT2D eigenvalue weighted by Crippen LogP contribution is -2.56. The van der Waals surface area contributed by atoms with Crippen molar-refractivity contribution in [3.05, 3.63) is 54.1 Å². The van der Waals surface area contributed by atoms with E-state index < -0.39 is 11.6 Å². The summed E-state index contributed by atoms with van der Waals surface area (Å²) in [5.74, 6) is -0.791. The first-order valence-corrected chi connectivity index (χ1v) is 8.81. The maximum atomic E-state index is 13.5. The lowest BCUT2D eigenvalue weighted by molar-refractivity contribution is -0.127. The van der Waals surface area contributed by atoms with E-state index in [4.69, 9.17) is 5.73 Å². The molecule has 5 rings (SSSR count). The minimum Gasteiger partial charge on any atom is -0.368 e. The Kier molecular flexibility index (Phi) is 2.88. The zero-order valence-corrected chi connectivity index (χ0v) is 14.5. The van der Waals surface area contributed by atoms with Crippen LogP contribution in [0.5, 0.6) is 0 Å². The van der Waals surface area contributed by atoms with Crippen LogP contribution in [0.2, 0.25) is 0 Å². The summed E-state index contributed by atoms with van der Waals surface area (Å²) in [5.41, 5.74) is 6.50. The van der Waals surface area contributed by atoms with Crippen molar-refractivity contribution in [2.45, 2.75) is 17.5 Å². The fourth-order valence-electron chi connectivity index (χ4n) is 3.68. The van der Waals surface area contributed by atoms with Crippen LogP contribution in [0, 0.1) is 0 Å². The molecule has 3 aliphatic heterocycles. The van der Waals surface area contributed by atoms with Gasteiger partial charge < -0.3 is 5.73 Å². The highest BCUT2D eigenvalue weighted by molar-refractivity contribution is 8.14. The van der Waals surface area contributed by atoms with Gasteiger partial charge in [0, 0.05) is 17.4 Å². The highest BCUT2D eigenvalue weighted by Gasteiger charge is 2.61. The second-order valence-electron chi connectivity index (χ2n) is 6.12. The summed E-state index contributed by atoms with van der Waals surface area (Å²) >= 11 is 1.43. The van der Waals surface area contributed by atoms with Crippen LogP contribution in [0.1, 0.15) is 12.5 Å². The number of fused-ring (bicyclic) bond motifs is 6. The Morgan fingerprint density at radius 2 is 1.81 bits per heavy atom. The Morgan fingerprint density at radius 3 is 2.58 bits per heavy atom. The van der Waals surface area contributed by atoms with E-state index in [0.29, 0.717) is 16.4 Å². The predicted molar refractivity (Wildman–Crippen MR) is 100 cm³/mol. The maximum absolute atomic E-state index is 13.5. The van der Waals surface area contributed by atoms with Gasteiger partial charge in [-0.2, -0.15) is 4.99 Å². The van der Waals surface area contributed by atoms with Crippen LogP contribution < -0.4 is 15.5 Å². The molecule has 3 heterocycles. The van der Waals surface area contributed by atoms with Crippen molar-refractivity contribution in [2.24, 2.45) is 15.7 Å². The number of nitrogens with zero attached hydrogens (tertiary/aromatic N) is 4. The molecule has 0 radical (unpaired) electrons. The second kappa shape index (κ2) is 4.95. The van der Waals surface area contributed by atoms with Crippen LogP contribution >= 0.6 is 11.8 Å². The molecule has 0 unspecified atom stereocenters. The number of amides is 2. The Morgan fingerprint density at radius 1 is 1.12 bits per heavy atom. The molecule has 7 nitrogen and oxygen atoms in total. The molecular weight excluding hydrogens is 350 g/mol. The summed E-state index contributed by atoms with van der Waals surface area (Å²) in [6.45, 7) is 1.37. The van der Waals surface area contributed by atoms with E-state index in [-0.39, 0.29) is 11.9 Å². The number of guanidine groups is 1. The van der Waals surface area contributed by atoms with Gasteiger partial charge in [0.15, 0.2) is 5.17 Å². The van der Waals surface area contributed by atoms with Gasteiger partial charge in [-0.15, -0.1) is 0 Å². The zero-order valence-electron chi connectivity index (χ0n) is 13.7. The van der Waals surface area contributed by atoms with Gasteiger partial charge in [0.05, 0.1) is 11.4 Å². The zero-order chi connectivity index (χ0) is 18.1. The van der Waals surface area contributed by atoms with Crippen molar-refractivity contribution in [1.82, 2.24) is 0 Å². The largest absolute Gasteiger partial charge is 0.368 e. The van der Waals surface area contributed by atoms with Gasteiger partial charge in [-0.05, 0) is 30.0 Å². The monoisotopic (exact) mass is 363 g/mol. The summed E-state index contributed by atoms with van der Waals surface area (Å²) in [7, 11) is 0. The molecule has 1 spiro atoms. The first-order valence-electron chi connectivity index (χ1n) is 8.00. The first kappa shape index (κ1) is 15.2. The van der Waals surface area contributed by atoms with Crippen LogP contribution in [0.4, 0.5) is 11.4 Å². The molecule has 128 valence electrons. The fraction of sp³-hybridized carbons (Fsp3) is 0.111. The summed E-state index contributed by atoms with van der Waals surface area (Å²) in [6.07, 6.45) is 0. The number of aliphatic imine (C=N–C) groups is 2. The number of hydrogen-bond donors (Lipinski definition) is 1. The van der Waals surface area contributed by atoms with Crippen LogP contribution in [-0.2, 0) is 15.3 Å². The van der Waals surface area contributed by atoms with E-state index >= 15 is 0 Å². The van der Waals surface area contributed by atoms with Crippen LogP contribution in [0.15, 0.2) is 63.4 Å². The molecule has 0 bridgehead atoms. The lowest BCUT2D eigenvalue weighted by Gasteiger charge is -2.37. The number of rotatable bonds is 0. The van der Waals surface area contributed by atoms with Crippen molar-refractivity contribution in [1.29, 1.82) is 0 Å². The number of thioether (sulfide) groups is 1. The third-order valence-corrected chi connectivity index (χ3v) is 5.67. The molecule has 3 aliphatic rings. The minimum atomic E-state index is -1.46. The first-order chi connectivity index (χ1) is 12.5. The van der Waals surface area contributed by atoms with Gasteiger partial charge in [0.25, 0.3) is 5.91 Å². The minimum absolute atomic E-state index is 0.0186. The van der Waals surface area contributed by atoms with Gasteiger partial charge in [0.1, 0.15) is 0 Å². The van der Waals surface area contributed by atoms with Gasteiger partial charge in [-0.25, -0.2) is 9.89 Å². The van der Waals surface area contributed by atoms with E-state index in [2.05, 4.69) is 9.98 Å². The average Bonchev–Trinajstić information content (AvgIpc) is 3.09. The molecular formula is C18H13N5O2S. The van der Waals surface area contributed by atoms with E-state index in [9.17, 15) is 9.59 Å². The van der Waals surface area contributed by atoms with Crippen molar-refractivity contribution >= 4 is 46.1 Å². The Labute approximate surface area is 153 Å². The van der Waals surface area contributed by atoms with Crippen LogP contribution in [0.25, 0.3) is 0 Å². The molecule has 0 saturated carbocycles. The number of carbonyl (C=O) groups is 2. The molecule has 2 aromatic carbocycles. The van der Waals surface area contributed by atoms with Crippen molar-refractivity contribution in [2.75, 3.05) is 9.80 Å². The van der Waals surface area contributed by atoms with Crippen LogP contribution in [-0.4, -0.2) is 22.9 Å². The molecule has 8 heteroatoms. The second-order valence-corrected chi connectivity index (χ2v) is 7.13. The van der Waals surface area contributed by atoms with Crippen LogP contribution in [0.3, 0.4) is 0 Å². The highest BCUT2D eigenvalue weighted by atomic mass is 32.2. The molecule has 1 atom stereocenters. The summed E-state index contributed by atoms with van der Waals surface area (Å²) in [6, 6.07) is 14.9. The van der Waals surface area contributed by atoms with Crippen molar-refractivity contribution in [3.8, 4) is 0 Å². The Hall–Kier alpha value is -3.13. The highest BCUT2D eigenvalue weighted by Crippen LogP contribution is 2.54. The normalized spacial score (nSPS) is 22.7. The number of nitrogens with two attached hydrogens (primary N) is 1. The molecule has 0 aromatic heterocycles. The van der Waals surface area contributed by atoms with Gasteiger partial charge in [-0.3, -0.25) is 14.5 Å². The van der Waals surface area contributed by atoms with Crippen molar-refractivity contribution in [3.63, 3.8) is 0 Å². The smallest absolute Gasteiger partial charge is 0.288 e. The van der Waals surface area contributed by atoms with Gasteiger partial charge >= 0.3 is 0 Å². The Bertz CT molecular complexity index is 1060. The standard InChI is InChI=1S/C18H13N5O2S/c1-10(24)22-12-7-3-2-6-11(12)18(15(22)25)21-16(19)20-17-23(18)13-8-4-5-9-14(13)26-17/h2-9H,1H3,(H2,19,21)/t18-/m1/s1. The van der Waals surface area contributed by atoms with E-state index in [1.807, 2.05) is 36.4 Å². The molecule has 26 heavy (non-hydrogen) atoms. The number of para-hydroxylation sites is 2. The fourth-order valence-corrected chi connectivity index (χ4v) is 4.75. The number of amidine groups is 1. The number of benzene rings is 2. The number of imide groups is 1. The number of hydrogen-bond acceptors (Lipinski definition) is 7. The van der Waals surface area contributed by atoms with Gasteiger partial charge in [-0.1, -0.05) is 30.3 Å². The lowest BCUT2D eigenvalue weighted by atomic mass is 9.98. The number of carbonyl (C=O) groups excluding carboxylic acids is 2. The summed E-state index contributed by atoms with van der Waals surface area (Å²) < 4.78 is 0. The molecule has 2 amide bonds. The average molecular weight is 363 g/mol. The Balaban J connectivity index is 1.84. The summed E-state index contributed by atoms with van der Waals surface area (Å²) in [5, 5.41) is 0.576. The molecule has 0 saturated heterocycles. The molecule has 0 fully saturated rings. The van der Waals surface area contributed by atoms with Crippen molar-refractivity contribution < 1.29 is 9.59 Å². The third-order valence-electron chi connectivity index (χ3n) is 4.65. The number of anilines is 2. The topological polar surface area (TPSA) is 91.4 Å². The summed E-state index contributed by atoms with van der Waals surface area (Å²) in [4.78, 5) is 38.5. The third kappa shape index (κ3) is 1.69. The predicted octanol–water partition coefficient (Wildman–Crippen LogP) is 2.03. The quantitative estimate of drug-likeness (QED) is 0.773.